The summed E-state index contributed by atoms with van der Waals surface area (Å²) in [7, 11) is 1.74. The topological polar surface area (TPSA) is 85.8 Å². The zero-order valence-corrected chi connectivity index (χ0v) is 13.6. The van der Waals surface area contributed by atoms with E-state index in [1.807, 2.05) is 41.8 Å². The number of hydrogen-bond donors (Lipinski definition) is 1. The average molecular weight is 339 g/mol. The predicted molar refractivity (Wildman–Crippen MR) is 90.7 cm³/mol. The number of nitrogens with zero attached hydrogens (tertiary/aromatic N) is 4. The standard InChI is InChI=1S/C16H13N5O2S/c1-21-16(18-15(19-21)13-7-4-8-24-13)17-14(22)9-11-10-5-2-3-6-12(10)23-20-11/h2-8H,9H2,1H3,(H,17,18,19,22). The first-order valence-electron chi connectivity index (χ1n) is 7.29. The van der Waals surface area contributed by atoms with Crippen molar-refractivity contribution in [2.45, 2.75) is 6.42 Å². The van der Waals surface area contributed by atoms with Gasteiger partial charge in [0.1, 0.15) is 5.69 Å². The summed E-state index contributed by atoms with van der Waals surface area (Å²) in [5, 5.41) is 13.9. The Labute approximate surface area is 140 Å². The third kappa shape index (κ3) is 2.67. The van der Waals surface area contributed by atoms with Crippen molar-refractivity contribution in [1.29, 1.82) is 0 Å². The molecule has 0 aliphatic rings. The number of aryl methyl sites for hydroxylation is 1. The molecule has 24 heavy (non-hydrogen) atoms. The number of anilines is 1. The maximum absolute atomic E-state index is 12.3. The zero-order chi connectivity index (χ0) is 16.5. The summed E-state index contributed by atoms with van der Waals surface area (Å²) >= 11 is 1.55. The molecule has 7 nitrogen and oxygen atoms in total. The van der Waals surface area contributed by atoms with Crippen LogP contribution in [-0.2, 0) is 18.3 Å². The molecular formula is C16H13N5O2S. The van der Waals surface area contributed by atoms with E-state index in [1.165, 1.54) is 0 Å². The van der Waals surface area contributed by atoms with E-state index in [-0.39, 0.29) is 12.3 Å². The Morgan fingerprint density at radius 2 is 2.17 bits per heavy atom. The van der Waals surface area contributed by atoms with Gasteiger partial charge in [-0.2, -0.15) is 4.98 Å². The minimum atomic E-state index is -0.220. The minimum absolute atomic E-state index is 0.109. The van der Waals surface area contributed by atoms with Crippen LogP contribution >= 0.6 is 11.3 Å². The quantitative estimate of drug-likeness (QED) is 0.618. The van der Waals surface area contributed by atoms with E-state index in [1.54, 1.807) is 23.1 Å². The highest BCUT2D eigenvalue weighted by atomic mass is 32.1. The molecule has 120 valence electrons. The van der Waals surface area contributed by atoms with Crippen molar-refractivity contribution >= 4 is 34.2 Å². The number of fused-ring (bicyclic) bond motifs is 1. The summed E-state index contributed by atoms with van der Waals surface area (Å²) in [6, 6.07) is 11.3. The second-order valence-electron chi connectivity index (χ2n) is 5.21. The van der Waals surface area contributed by atoms with Crippen LogP contribution in [-0.4, -0.2) is 25.8 Å². The summed E-state index contributed by atoms with van der Waals surface area (Å²) in [5.41, 5.74) is 1.27. The van der Waals surface area contributed by atoms with Gasteiger partial charge >= 0.3 is 0 Å². The molecular weight excluding hydrogens is 326 g/mol. The van der Waals surface area contributed by atoms with Crippen molar-refractivity contribution in [3.63, 3.8) is 0 Å². The maximum Gasteiger partial charge on any atom is 0.232 e. The van der Waals surface area contributed by atoms with Gasteiger partial charge in [0, 0.05) is 12.4 Å². The number of nitrogens with one attached hydrogen (secondary N) is 1. The van der Waals surface area contributed by atoms with Crippen LogP contribution in [0.25, 0.3) is 21.7 Å². The molecule has 0 saturated heterocycles. The van der Waals surface area contributed by atoms with Crippen LogP contribution in [0.4, 0.5) is 5.95 Å². The van der Waals surface area contributed by atoms with E-state index in [9.17, 15) is 4.79 Å². The highest BCUT2D eigenvalue weighted by Crippen LogP contribution is 2.23. The molecule has 8 heteroatoms. The molecule has 3 aromatic heterocycles. The lowest BCUT2D eigenvalue weighted by Gasteiger charge is -2.01. The second-order valence-corrected chi connectivity index (χ2v) is 6.16. The lowest BCUT2D eigenvalue weighted by atomic mass is 10.2. The SMILES string of the molecule is Cn1nc(-c2cccs2)nc1NC(=O)Cc1noc2ccccc12. The molecule has 1 aromatic carbocycles. The van der Waals surface area contributed by atoms with Crippen molar-refractivity contribution < 1.29 is 9.32 Å². The van der Waals surface area contributed by atoms with Crippen LogP contribution in [0, 0.1) is 0 Å². The van der Waals surface area contributed by atoms with Crippen molar-refractivity contribution in [1.82, 2.24) is 19.9 Å². The van der Waals surface area contributed by atoms with Gasteiger partial charge in [0.25, 0.3) is 0 Å². The summed E-state index contributed by atoms with van der Waals surface area (Å²) in [6.45, 7) is 0. The Balaban J connectivity index is 1.52. The summed E-state index contributed by atoms with van der Waals surface area (Å²) in [6.07, 6.45) is 0.109. The lowest BCUT2D eigenvalue weighted by molar-refractivity contribution is -0.115. The lowest BCUT2D eigenvalue weighted by Crippen LogP contribution is -2.17. The van der Waals surface area contributed by atoms with Crippen LogP contribution in [0.3, 0.4) is 0 Å². The zero-order valence-electron chi connectivity index (χ0n) is 12.8. The molecule has 0 atom stereocenters. The fraction of sp³-hybridized carbons (Fsp3) is 0.125. The van der Waals surface area contributed by atoms with Crippen LogP contribution in [0.2, 0.25) is 0 Å². The third-order valence-electron chi connectivity index (χ3n) is 3.54. The monoisotopic (exact) mass is 339 g/mol. The van der Waals surface area contributed by atoms with E-state index in [4.69, 9.17) is 4.52 Å². The van der Waals surface area contributed by atoms with Crippen molar-refractivity contribution in [2.75, 3.05) is 5.32 Å². The molecule has 1 N–H and O–H groups in total. The Bertz CT molecular complexity index is 1000. The Hall–Kier alpha value is -3.00. The van der Waals surface area contributed by atoms with Gasteiger partial charge in [0.05, 0.1) is 11.3 Å². The van der Waals surface area contributed by atoms with Crippen LogP contribution in [0.5, 0.6) is 0 Å². The fourth-order valence-corrected chi connectivity index (χ4v) is 3.04. The van der Waals surface area contributed by atoms with Crippen LogP contribution in [0.15, 0.2) is 46.3 Å². The third-order valence-corrected chi connectivity index (χ3v) is 4.40. The number of thiophene rings is 1. The summed E-state index contributed by atoms with van der Waals surface area (Å²) in [5.74, 6) is 0.771. The number of rotatable bonds is 4. The largest absolute Gasteiger partial charge is 0.356 e. The number of carbonyl (C=O) groups excluding carboxylic acids is 1. The van der Waals surface area contributed by atoms with Crippen molar-refractivity contribution in [2.24, 2.45) is 7.05 Å². The first-order chi connectivity index (χ1) is 11.7. The van der Waals surface area contributed by atoms with Crippen LogP contribution < -0.4 is 5.32 Å². The predicted octanol–water partition coefficient (Wildman–Crippen LogP) is 2.87. The Morgan fingerprint density at radius 1 is 1.29 bits per heavy atom. The molecule has 4 aromatic rings. The molecule has 0 unspecified atom stereocenters. The minimum Gasteiger partial charge on any atom is -0.356 e. The number of aromatic nitrogens is 4. The second kappa shape index (κ2) is 5.89. The first-order valence-corrected chi connectivity index (χ1v) is 8.17. The van der Waals surface area contributed by atoms with Gasteiger partial charge in [0.2, 0.25) is 11.9 Å². The fourth-order valence-electron chi connectivity index (χ4n) is 2.39. The average Bonchev–Trinajstić information content (AvgIpc) is 3.29. The van der Waals surface area contributed by atoms with E-state index < -0.39 is 0 Å². The molecule has 0 bridgehead atoms. The highest BCUT2D eigenvalue weighted by molar-refractivity contribution is 7.13. The van der Waals surface area contributed by atoms with Gasteiger partial charge in [-0.05, 0) is 23.6 Å². The van der Waals surface area contributed by atoms with Gasteiger partial charge in [-0.1, -0.05) is 23.4 Å². The highest BCUT2D eigenvalue weighted by Gasteiger charge is 2.16. The molecule has 1 amide bonds. The Morgan fingerprint density at radius 3 is 3.00 bits per heavy atom. The molecule has 0 aliphatic heterocycles. The van der Waals surface area contributed by atoms with E-state index >= 15 is 0 Å². The normalized spacial score (nSPS) is 11.0. The molecule has 0 spiro atoms. The summed E-state index contributed by atoms with van der Waals surface area (Å²) < 4.78 is 6.76. The van der Waals surface area contributed by atoms with Gasteiger partial charge in [-0.15, -0.1) is 16.4 Å². The smallest absolute Gasteiger partial charge is 0.232 e. The number of hydrogen-bond acceptors (Lipinski definition) is 6. The van der Waals surface area contributed by atoms with E-state index in [0.717, 1.165) is 10.3 Å². The number of amides is 1. The Kier molecular flexibility index (Phi) is 3.58. The maximum atomic E-state index is 12.3. The summed E-state index contributed by atoms with van der Waals surface area (Å²) in [4.78, 5) is 17.6. The van der Waals surface area contributed by atoms with Gasteiger partial charge in [-0.3, -0.25) is 10.1 Å². The van der Waals surface area contributed by atoms with Gasteiger partial charge in [0.15, 0.2) is 11.4 Å². The van der Waals surface area contributed by atoms with Crippen LogP contribution in [0.1, 0.15) is 5.69 Å². The van der Waals surface area contributed by atoms with Crippen molar-refractivity contribution in [3.05, 3.63) is 47.5 Å². The molecule has 0 radical (unpaired) electrons. The molecule has 4 rings (SSSR count). The number of carbonyl (C=O) groups is 1. The molecule has 0 aliphatic carbocycles. The molecule has 0 fully saturated rings. The first kappa shape index (κ1) is 14.6. The number of para-hydroxylation sites is 1. The molecule has 0 saturated carbocycles. The number of benzene rings is 1. The van der Waals surface area contributed by atoms with Gasteiger partial charge in [-0.25, -0.2) is 4.68 Å². The molecule has 3 heterocycles. The van der Waals surface area contributed by atoms with E-state index in [2.05, 4.69) is 20.6 Å². The van der Waals surface area contributed by atoms with E-state index in [0.29, 0.717) is 23.0 Å². The van der Waals surface area contributed by atoms with Gasteiger partial charge < -0.3 is 4.52 Å². The van der Waals surface area contributed by atoms with Crippen molar-refractivity contribution in [3.8, 4) is 10.7 Å².